The van der Waals surface area contributed by atoms with Crippen LogP contribution in [0.2, 0.25) is 0 Å². The molecule has 1 aromatic carbocycles. The smallest absolute Gasteiger partial charge is 0.340 e. The van der Waals surface area contributed by atoms with Crippen molar-refractivity contribution in [3.63, 3.8) is 0 Å². The molecule has 1 unspecified atom stereocenters. The molecule has 0 radical (unpaired) electrons. The Labute approximate surface area is 82.3 Å². The minimum Gasteiger partial charge on any atom is -0.479 e. The van der Waals surface area contributed by atoms with Gasteiger partial charge in [0.1, 0.15) is 0 Å². The largest absolute Gasteiger partial charge is 0.479 e. The monoisotopic (exact) mass is 192 g/mol. The van der Waals surface area contributed by atoms with E-state index in [4.69, 9.17) is 9.84 Å². The van der Waals surface area contributed by atoms with Gasteiger partial charge in [0, 0.05) is 6.42 Å². The van der Waals surface area contributed by atoms with E-state index >= 15 is 0 Å². The Kier molecular flexibility index (Phi) is 2.04. The normalized spacial score (nSPS) is 25.5. The number of benzene rings is 1. The van der Waals surface area contributed by atoms with Crippen molar-refractivity contribution >= 4 is 5.97 Å². The third-order valence-corrected chi connectivity index (χ3v) is 2.63. The summed E-state index contributed by atoms with van der Waals surface area (Å²) in [7, 11) is 0. The molecule has 14 heavy (non-hydrogen) atoms. The Morgan fingerprint density at radius 3 is 2.71 bits per heavy atom. The van der Waals surface area contributed by atoms with Crippen molar-refractivity contribution in [2.45, 2.75) is 18.9 Å². The number of aliphatic carboxylic acids is 1. The highest BCUT2D eigenvalue weighted by Crippen LogP contribution is 2.37. The van der Waals surface area contributed by atoms with Gasteiger partial charge in [-0.2, -0.15) is 0 Å². The van der Waals surface area contributed by atoms with Crippen molar-refractivity contribution in [3.8, 4) is 0 Å². The van der Waals surface area contributed by atoms with Crippen molar-refractivity contribution < 1.29 is 14.6 Å². The van der Waals surface area contributed by atoms with Gasteiger partial charge in [0.2, 0.25) is 0 Å². The summed E-state index contributed by atoms with van der Waals surface area (Å²) in [5.41, 5.74) is 0.723. The molecule has 1 heterocycles. The van der Waals surface area contributed by atoms with Crippen LogP contribution in [-0.2, 0) is 15.1 Å². The Balaban J connectivity index is 2.42. The van der Waals surface area contributed by atoms with Crippen molar-refractivity contribution in [1.29, 1.82) is 0 Å². The molecule has 0 saturated carbocycles. The zero-order chi connectivity index (χ0) is 10.2. The van der Waals surface area contributed by atoms with E-state index in [1.807, 2.05) is 25.1 Å². The maximum Gasteiger partial charge on any atom is 0.340 e. The van der Waals surface area contributed by atoms with E-state index < -0.39 is 11.6 Å². The van der Waals surface area contributed by atoms with Gasteiger partial charge in [0.25, 0.3) is 0 Å². The summed E-state index contributed by atoms with van der Waals surface area (Å²) in [6.45, 7) is 2.47. The minimum atomic E-state index is -1.08. The standard InChI is InChI=1S/C11H12O3/c1-8-3-2-4-9(7-8)11(10(12)13)5-6-14-11/h2-4,7H,5-6H2,1H3,(H,12,13). The van der Waals surface area contributed by atoms with E-state index in [2.05, 4.69) is 0 Å². The Morgan fingerprint density at radius 1 is 1.57 bits per heavy atom. The number of carboxylic acids is 1. The molecule has 1 fully saturated rings. The summed E-state index contributed by atoms with van der Waals surface area (Å²) < 4.78 is 5.22. The van der Waals surface area contributed by atoms with Gasteiger partial charge in [-0.25, -0.2) is 4.79 Å². The van der Waals surface area contributed by atoms with Crippen LogP contribution in [0.25, 0.3) is 0 Å². The first-order chi connectivity index (χ1) is 6.65. The molecule has 2 rings (SSSR count). The first kappa shape index (κ1) is 9.21. The van der Waals surface area contributed by atoms with E-state index in [1.165, 1.54) is 0 Å². The van der Waals surface area contributed by atoms with Gasteiger partial charge in [-0.15, -0.1) is 0 Å². The van der Waals surface area contributed by atoms with E-state index in [-0.39, 0.29) is 0 Å². The number of carbonyl (C=O) groups is 1. The topological polar surface area (TPSA) is 46.5 Å². The Bertz CT molecular complexity index is 367. The molecule has 0 spiro atoms. The minimum absolute atomic E-state index is 0.528. The van der Waals surface area contributed by atoms with Gasteiger partial charge >= 0.3 is 5.97 Å². The number of aryl methyl sites for hydroxylation is 1. The first-order valence-electron chi connectivity index (χ1n) is 4.60. The van der Waals surface area contributed by atoms with E-state index in [9.17, 15) is 4.79 Å². The zero-order valence-corrected chi connectivity index (χ0v) is 7.99. The second-order valence-corrected chi connectivity index (χ2v) is 3.60. The van der Waals surface area contributed by atoms with Crippen LogP contribution in [0.1, 0.15) is 17.5 Å². The lowest BCUT2D eigenvalue weighted by atomic mass is 9.86. The number of ether oxygens (including phenoxy) is 1. The van der Waals surface area contributed by atoms with Crippen LogP contribution in [-0.4, -0.2) is 17.7 Å². The predicted octanol–water partition coefficient (Wildman–Crippen LogP) is 1.70. The maximum absolute atomic E-state index is 11.1. The fraction of sp³-hybridized carbons (Fsp3) is 0.364. The average molecular weight is 192 g/mol. The van der Waals surface area contributed by atoms with Crippen LogP contribution in [0.4, 0.5) is 0 Å². The molecular weight excluding hydrogens is 180 g/mol. The molecule has 0 aliphatic carbocycles. The highest BCUT2D eigenvalue weighted by atomic mass is 16.5. The van der Waals surface area contributed by atoms with Crippen molar-refractivity contribution in [3.05, 3.63) is 35.4 Å². The quantitative estimate of drug-likeness (QED) is 0.775. The molecule has 1 saturated heterocycles. The van der Waals surface area contributed by atoms with Crippen LogP contribution >= 0.6 is 0 Å². The molecule has 3 nitrogen and oxygen atoms in total. The van der Waals surface area contributed by atoms with Crippen LogP contribution < -0.4 is 0 Å². The summed E-state index contributed by atoms with van der Waals surface area (Å²) in [6, 6.07) is 7.47. The van der Waals surface area contributed by atoms with Gasteiger partial charge in [0.05, 0.1) is 6.61 Å². The van der Waals surface area contributed by atoms with Crippen LogP contribution in [0.3, 0.4) is 0 Å². The molecule has 0 amide bonds. The van der Waals surface area contributed by atoms with E-state index in [1.54, 1.807) is 6.07 Å². The summed E-state index contributed by atoms with van der Waals surface area (Å²) in [4.78, 5) is 11.1. The van der Waals surface area contributed by atoms with Gasteiger partial charge in [0.15, 0.2) is 5.60 Å². The highest BCUT2D eigenvalue weighted by Gasteiger charge is 2.47. The number of hydrogen-bond acceptors (Lipinski definition) is 2. The lowest BCUT2D eigenvalue weighted by molar-refractivity contribution is -0.197. The summed E-state index contributed by atoms with van der Waals surface area (Å²) in [6.07, 6.45) is 0.561. The number of hydrogen-bond donors (Lipinski definition) is 1. The molecule has 1 N–H and O–H groups in total. The fourth-order valence-corrected chi connectivity index (χ4v) is 1.72. The van der Waals surface area contributed by atoms with E-state index in [0.29, 0.717) is 13.0 Å². The SMILES string of the molecule is Cc1cccc(C2(C(=O)O)CCO2)c1. The summed E-state index contributed by atoms with van der Waals surface area (Å²) in [5, 5.41) is 9.10. The zero-order valence-electron chi connectivity index (χ0n) is 7.99. The first-order valence-corrected chi connectivity index (χ1v) is 4.60. The predicted molar refractivity (Wildman–Crippen MR) is 51.1 cm³/mol. The Hall–Kier alpha value is -1.35. The molecule has 1 aliphatic rings. The molecule has 74 valence electrons. The second-order valence-electron chi connectivity index (χ2n) is 3.60. The van der Waals surface area contributed by atoms with Gasteiger partial charge in [-0.1, -0.05) is 29.8 Å². The lowest BCUT2D eigenvalue weighted by Crippen LogP contribution is -2.47. The van der Waals surface area contributed by atoms with Crippen molar-refractivity contribution in [1.82, 2.24) is 0 Å². The van der Waals surface area contributed by atoms with Crippen LogP contribution in [0.15, 0.2) is 24.3 Å². The van der Waals surface area contributed by atoms with E-state index in [0.717, 1.165) is 11.1 Å². The summed E-state index contributed by atoms with van der Waals surface area (Å²) in [5.74, 6) is -0.894. The lowest BCUT2D eigenvalue weighted by Gasteiger charge is -2.38. The van der Waals surface area contributed by atoms with Crippen LogP contribution in [0, 0.1) is 6.92 Å². The maximum atomic E-state index is 11.1. The molecule has 0 bridgehead atoms. The van der Waals surface area contributed by atoms with Gasteiger partial charge < -0.3 is 9.84 Å². The average Bonchev–Trinajstić information content (AvgIpc) is 2.00. The number of carboxylic acid groups (broad SMARTS) is 1. The number of rotatable bonds is 2. The molecule has 1 aliphatic heterocycles. The molecular formula is C11H12O3. The van der Waals surface area contributed by atoms with Crippen molar-refractivity contribution in [2.75, 3.05) is 6.61 Å². The summed E-state index contributed by atoms with van der Waals surface area (Å²) >= 11 is 0. The highest BCUT2D eigenvalue weighted by molar-refractivity contribution is 5.80. The third kappa shape index (κ3) is 1.21. The fourth-order valence-electron chi connectivity index (χ4n) is 1.72. The third-order valence-electron chi connectivity index (χ3n) is 2.63. The van der Waals surface area contributed by atoms with Gasteiger partial charge in [-0.3, -0.25) is 0 Å². The molecule has 1 aromatic rings. The van der Waals surface area contributed by atoms with Gasteiger partial charge in [-0.05, 0) is 12.5 Å². The Morgan fingerprint density at radius 2 is 2.29 bits per heavy atom. The van der Waals surface area contributed by atoms with Crippen molar-refractivity contribution in [2.24, 2.45) is 0 Å². The molecule has 3 heteroatoms. The van der Waals surface area contributed by atoms with Crippen LogP contribution in [0.5, 0.6) is 0 Å². The second kappa shape index (κ2) is 3.10. The molecule has 0 aromatic heterocycles. The molecule has 1 atom stereocenters.